The maximum atomic E-state index is 11.7. The molecule has 2 N–H and O–H groups in total. The second kappa shape index (κ2) is 17.3. The molecule has 0 amide bonds. The quantitative estimate of drug-likeness (QED) is 0.132. The van der Waals surface area contributed by atoms with Crippen LogP contribution in [-0.2, 0) is 12.3 Å². The average molecular weight is 501 g/mol. The molecular weight excluding hydrogens is 447 g/mol. The number of rotatable bonds is 21. The second-order valence-corrected chi connectivity index (χ2v) is 15.2. The summed E-state index contributed by atoms with van der Waals surface area (Å²) in [6.45, 7) is 2.28. The molecule has 0 radical (unpaired) electrons. The molecule has 3 heteroatoms. The Bertz CT molecular complexity index is 714. The Morgan fingerprint density at radius 2 is 0.771 bits per heavy atom. The van der Waals surface area contributed by atoms with Gasteiger partial charge >= 0.3 is 178 Å². The monoisotopic (exact) mass is 500 g/mol. The van der Waals surface area contributed by atoms with Gasteiger partial charge in [-0.15, -0.1) is 0 Å². The van der Waals surface area contributed by atoms with Gasteiger partial charge in [-0.1, -0.05) is 39.0 Å². The van der Waals surface area contributed by atoms with Crippen molar-refractivity contribution < 1.29 is 9.79 Å². The van der Waals surface area contributed by atoms with Gasteiger partial charge in [-0.25, -0.2) is 0 Å². The van der Waals surface area contributed by atoms with Crippen LogP contribution in [0.2, 0.25) is 0 Å². The Balaban J connectivity index is 1.59. The third kappa shape index (κ3) is 14.2. The summed E-state index contributed by atoms with van der Waals surface area (Å²) in [5.41, 5.74) is 2.06. The van der Waals surface area contributed by atoms with Gasteiger partial charge in [0, 0.05) is 0 Å². The molecule has 0 saturated carbocycles. The van der Waals surface area contributed by atoms with Gasteiger partial charge in [-0.2, -0.15) is 0 Å². The van der Waals surface area contributed by atoms with Gasteiger partial charge in [0.1, 0.15) is 0 Å². The number of unbranched alkanes of at least 4 members (excludes halogenated alkanes) is 15. The molecular formula is C32H53O2P. The average Bonchev–Trinajstić information content (AvgIpc) is 2.84. The fraction of sp³-hybridized carbons (Fsp3) is 0.625. The predicted molar refractivity (Wildman–Crippen MR) is 156 cm³/mol. The first-order valence-corrected chi connectivity index (χ1v) is 17.3. The topological polar surface area (TPSA) is 40.5 Å². The first-order chi connectivity index (χ1) is 17.0. The van der Waals surface area contributed by atoms with Crippen molar-refractivity contribution in [1.29, 1.82) is 0 Å². The molecule has 0 bridgehead atoms. The van der Waals surface area contributed by atoms with E-state index in [1.807, 2.05) is 60.7 Å². The molecule has 0 spiro atoms. The van der Waals surface area contributed by atoms with Gasteiger partial charge in [0.25, 0.3) is 0 Å². The van der Waals surface area contributed by atoms with Crippen molar-refractivity contribution in [3.05, 3.63) is 71.8 Å². The van der Waals surface area contributed by atoms with E-state index in [4.69, 9.17) is 0 Å². The van der Waals surface area contributed by atoms with Crippen LogP contribution in [0.3, 0.4) is 0 Å². The Hall–Kier alpha value is -1.21. The van der Waals surface area contributed by atoms with Gasteiger partial charge < -0.3 is 0 Å². The summed E-state index contributed by atoms with van der Waals surface area (Å²) in [5.74, 6) is 0. The van der Waals surface area contributed by atoms with E-state index in [0.717, 1.165) is 24.0 Å². The normalized spacial score (nSPS) is 12.9. The standard InChI is InChI=1S/C32H53O2P/c1-2-3-4-5-6-7-8-9-10-11-12-13-14-15-16-23-28-35(33,34,29-31-24-19-17-20-25-31)30-32-26-21-18-22-27-32/h17-22,24-27,33-34H,2-16,23,28-30H2,1H3. The molecule has 2 rings (SSSR count). The van der Waals surface area contributed by atoms with Crippen molar-refractivity contribution in [3.63, 3.8) is 0 Å². The molecule has 0 saturated heterocycles. The summed E-state index contributed by atoms with van der Waals surface area (Å²) in [4.78, 5) is 23.4. The molecule has 198 valence electrons. The molecule has 0 aliphatic rings. The second-order valence-electron chi connectivity index (χ2n) is 10.9. The predicted octanol–water partition coefficient (Wildman–Crippen LogP) is 10.0. The van der Waals surface area contributed by atoms with Crippen molar-refractivity contribution in [1.82, 2.24) is 0 Å². The van der Waals surface area contributed by atoms with Crippen molar-refractivity contribution in [3.8, 4) is 0 Å². The van der Waals surface area contributed by atoms with E-state index in [-0.39, 0.29) is 0 Å². The summed E-state index contributed by atoms with van der Waals surface area (Å²) in [6, 6.07) is 20.0. The maximum absolute atomic E-state index is 11.7. The molecule has 2 nitrogen and oxygen atoms in total. The molecule has 0 heterocycles. The summed E-state index contributed by atoms with van der Waals surface area (Å²) in [5, 5.41) is 0. The van der Waals surface area contributed by atoms with Crippen molar-refractivity contribution >= 4 is 7.06 Å². The van der Waals surface area contributed by atoms with Gasteiger partial charge in [0.2, 0.25) is 0 Å². The molecule has 0 aliphatic heterocycles. The zero-order valence-electron chi connectivity index (χ0n) is 22.6. The van der Waals surface area contributed by atoms with E-state index in [1.165, 1.54) is 89.9 Å². The van der Waals surface area contributed by atoms with Crippen LogP contribution in [-0.4, -0.2) is 15.9 Å². The van der Waals surface area contributed by atoms with Crippen LogP contribution in [0.25, 0.3) is 0 Å². The van der Waals surface area contributed by atoms with Crippen molar-refractivity contribution in [2.45, 2.75) is 122 Å². The first kappa shape index (κ1) is 30.0. The van der Waals surface area contributed by atoms with Crippen LogP contribution in [0.1, 0.15) is 121 Å². The molecule has 0 unspecified atom stereocenters. The molecule has 2 aromatic rings. The fourth-order valence-electron chi connectivity index (χ4n) is 5.25. The van der Waals surface area contributed by atoms with E-state index >= 15 is 0 Å². The van der Waals surface area contributed by atoms with E-state index in [0.29, 0.717) is 18.5 Å². The van der Waals surface area contributed by atoms with E-state index in [1.54, 1.807) is 0 Å². The molecule has 0 aromatic heterocycles. The van der Waals surface area contributed by atoms with E-state index < -0.39 is 7.06 Å². The summed E-state index contributed by atoms with van der Waals surface area (Å²) < 4.78 is 0. The molecule has 0 atom stereocenters. The van der Waals surface area contributed by atoms with Crippen LogP contribution >= 0.6 is 7.06 Å². The van der Waals surface area contributed by atoms with Gasteiger partial charge in [0.05, 0.1) is 0 Å². The molecule has 2 aromatic carbocycles. The third-order valence-electron chi connectivity index (χ3n) is 7.31. The van der Waals surface area contributed by atoms with Crippen LogP contribution < -0.4 is 0 Å². The Kier molecular flexibility index (Phi) is 14.8. The van der Waals surface area contributed by atoms with Crippen molar-refractivity contribution in [2.24, 2.45) is 0 Å². The SMILES string of the molecule is CCCCCCCCCCCCCCCCCCP(O)(O)(Cc1ccccc1)Cc1ccccc1. The summed E-state index contributed by atoms with van der Waals surface area (Å²) in [7, 11) is -3.83. The van der Waals surface area contributed by atoms with Gasteiger partial charge in [-0.05, 0) is 0 Å². The van der Waals surface area contributed by atoms with Crippen LogP contribution in [0.5, 0.6) is 0 Å². The minimum atomic E-state index is -3.83. The Labute approximate surface area is 216 Å². The van der Waals surface area contributed by atoms with Crippen molar-refractivity contribution in [2.75, 3.05) is 6.16 Å². The summed E-state index contributed by atoms with van der Waals surface area (Å²) in [6.07, 6.45) is 22.6. The third-order valence-corrected chi connectivity index (χ3v) is 10.8. The molecule has 35 heavy (non-hydrogen) atoms. The Morgan fingerprint density at radius 3 is 1.11 bits per heavy atom. The zero-order valence-corrected chi connectivity index (χ0v) is 23.4. The number of hydrogen-bond acceptors (Lipinski definition) is 2. The Morgan fingerprint density at radius 1 is 0.457 bits per heavy atom. The zero-order chi connectivity index (χ0) is 25.1. The molecule has 0 aliphatic carbocycles. The van der Waals surface area contributed by atoms with Gasteiger partial charge in [-0.3, -0.25) is 0 Å². The molecule has 0 fully saturated rings. The fourth-order valence-corrected chi connectivity index (χ4v) is 8.74. The summed E-state index contributed by atoms with van der Waals surface area (Å²) >= 11 is 0. The number of hydrogen-bond donors (Lipinski definition) is 2. The van der Waals surface area contributed by atoms with E-state index in [9.17, 15) is 9.79 Å². The van der Waals surface area contributed by atoms with Crippen LogP contribution in [0.15, 0.2) is 60.7 Å². The van der Waals surface area contributed by atoms with Crippen LogP contribution in [0, 0.1) is 0 Å². The van der Waals surface area contributed by atoms with E-state index in [2.05, 4.69) is 6.92 Å². The van der Waals surface area contributed by atoms with Crippen LogP contribution in [0.4, 0.5) is 0 Å². The number of benzene rings is 2. The van der Waals surface area contributed by atoms with Gasteiger partial charge in [0.15, 0.2) is 0 Å². The minimum absolute atomic E-state index is 0.389. The first-order valence-electron chi connectivity index (χ1n) is 14.6.